The molecule has 1 amide bonds. The number of rotatable bonds is 7. The largest absolute Gasteiger partial charge is 0.326 e. The summed E-state index contributed by atoms with van der Waals surface area (Å²) in [7, 11) is 0. The van der Waals surface area contributed by atoms with Crippen LogP contribution in [0.5, 0.6) is 0 Å². The van der Waals surface area contributed by atoms with Crippen LogP contribution in [0.2, 0.25) is 0 Å². The van der Waals surface area contributed by atoms with Crippen molar-refractivity contribution in [2.45, 2.75) is 26.8 Å². The first-order valence-corrected chi connectivity index (χ1v) is 7.72. The van der Waals surface area contributed by atoms with Gasteiger partial charge in [-0.25, -0.2) is 0 Å². The molecule has 0 heterocycles. The minimum absolute atomic E-state index is 0.0169. The molecule has 0 aliphatic heterocycles. The highest BCUT2D eigenvalue weighted by molar-refractivity contribution is 5.95. The topological polar surface area (TPSA) is 58.2 Å². The van der Waals surface area contributed by atoms with E-state index in [2.05, 4.69) is 29.7 Å². The van der Waals surface area contributed by atoms with Gasteiger partial charge in [0.2, 0.25) is 5.91 Å². The Labute approximate surface area is 136 Å². The van der Waals surface area contributed by atoms with Crippen LogP contribution in [0.4, 0.5) is 5.69 Å². The zero-order valence-electron chi connectivity index (χ0n) is 13.6. The summed E-state index contributed by atoms with van der Waals surface area (Å²) < 4.78 is 0. The molecule has 0 bridgehead atoms. The van der Waals surface area contributed by atoms with Gasteiger partial charge in [0.15, 0.2) is 5.78 Å². The number of carbonyl (C=O) groups is 2. The molecular formula is C19H22N2O2. The van der Waals surface area contributed by atoms with E-state index in [0.717, 1.165) is 6.54 Å². The fourth-order valence-corrected chi connectivity index (χ4v) is 2.25. The molecule has 0 aromatic heterocycles. The van der Waals surface area contributed by atoms with Gasteiger partial charge >= 0.3 is 0 Å². The van der Waals surface area contributed by atoms with Crippen molar-refractivity contribution < 1.29 is 9.59 Å². The Bertz CT molecular complexity index is 678. The van der Waals surface area contributed by atoms with E-state index in [1.54, 1.807) is 24.3 Å². The van der Waals surface area contributed by atoms with Crippen LogP contribution < -0.4 is 10.6 Å². The average Bonchev–Trinajstić information content (AvgIpc) is 2.53. The molecule has 0 atom stereocenters. The molecule has 2 aromatic carbocycles. The van der Waals surface area contributed by atoms with Crippen molar-refractivity contribution >= 4 is 17.4 Å². The lowest BCUT2D eigenvalue weighted by Gasteiger charge is -2.08. The van der Waals surface area contributed by atoms with E-state index in [0.29, 0.717) is 24.2 Å². The molecule has 0 fully saturated rings. The number of aryl methyl sites for hydroxylation is 1. The first-order chi connectivity index (χ1) is 11.1. The minimum Gasteiger partial charge on any atom is -0.326 e. The number of benzene rings is 2. The lowest BCUT2D eigenvalue weighted by Crippen LogP contribution is -2.21. The van der Waals surface area contributed by atoms with Crippen molar-refractivity contribution in [1.29, 1.82) is 0 Å². The summed E-state index contributed by atoms with van der Waals surface area (Å²) >= 11 is 0. The molecule has 0 aliphatic carbocycles. The van der Waals surface area contributed by atoms with Gasteiger partial charge in [0.25, 0.3) is 0 Å². The van der Waals surface area contributed by atoms with Crippen LogP contribution in [-0.2, 0) is 11.3 Å². The fourth-order valence-electron chi connectivity index (χ4n) is 2.25. The van der Waals surface area contributed by atoms with E-state index in [9.17, 15) is 9.59 Å². The molecule has 4 heteroatoms. The highest BCUT2D eigenvalue weighted by Gasteiger charge is 2.04. The van der Waals surface area contributed by atoms with Gasteiger partial charge in [-0.05, 0) is 49.2 Å². The lowest BCUT2D eigenvalue weighted by atomic mass is 10.1. The summed E-state index contributed by atoms with van der Waals surface area (Å²) in [6.45, 7) is 4.97. The third-order valence-electron chi connectivity index (χ3n) is 3.68. The summed E-state index contributed by atoms with van der Waals surface area (Å²) in [5.41, 5.74) is 3.84. The van der Waals surface area contributed by atoms with Crippen LogP contribution in [0, 0.1) is 6.92 Å². The smallest absolute Gasteiger partial charge is 0.225 e. The number of hydrogen-bond acceptors (Lipinski definition) is 3. The predicted molar refractivity (Wildman–Crippen MR) is 92.6 cm³/mol. The summed E-state index contributed by atoms with van der Waals surface area (Å²) in [6.07, 6.45) is 0.403. The van der Waals surface area contributed by atoms with Crippen LogP contribution in [0.25, 0.3) is 0 Å². The Morgan fingerprint density at radius 2 is 1.70 bits per heavy atom. The van der Waals surface area contributed by atoms with Gasteiger partial charge in [-0.3, -0.25) is 9.59 Å². The maximum absolute atomic E-state index is 11.9. The van der Waals surface area contributed by atoms with Crippen LogP contribution in [-0.4, -0.2) is 18.2 Å². The molecule has 2 aromatic rings. The Morgan fingerprint density at radius 1 is 1.00 bits per heavy atom. The standard InChI is InChI=1S/C19H22N2O2/c1-14-5-3-4-6-17(14)13-20-12-11-19(23)21-18-9-7-16(8-10-18)15(2)22/h3-10,20H,11-13H2,1-2H3,(H,21,23). The van der Waals surface area contributed by atoms with E-state index in [4.69, 9.17) is 0 Å². The first-order valence-electron chi connectivity index (χ1n) is 7.72. The zero-order valence-corrected chi connectivity index (χ0v) is 13.6. The summed E-state index contributed by atoms with van der Waals surface area (Å²) in [5.74, 6) is -0.0267. The molecule has 2 rings (SSSR count). The molecular weight excluding hydrogens is 288 g/mol. The number of amides is 1. The molecule has 0 spiro atoms. The van der Waals surface area contributed by atoms with Crippen molar-refractivity contribution in [3.05, 3.63) is 65.2 Å². The normalized spacial score (nSPS) is 10.3. The number of Topliss-reactive ketones (excluding diaryl/α,β-unsaturated/α-hetero) is 1. The molecule has 2 N–H and O–H groups in total. The number of carbonyl (C=O) groups excluding carboxylic acids is 2. The Hall–Kier alpha value is -2.46. The van der Waals surface area contributed by atoms with Crippen molar-refractivity contribution in [3.63, 3.8) is 0 Å². The Morgan fingerprint density at radius 3 is 2.35 bits per heavy atom. The Kier molecular flexibility index (Phi) is 6.06. The van der Waals surface area contributed by atoms with Gasteiger partial charge in [0.05, 0.1) is 0 Å². The van der Waals surface area contributed by atoms with E-state index in [1.165, 1.54) is 18.1 Å². The van der Waals surface area contributed by atoms with Crippen LogP contribution in [0.15, 0.2) is 48.5 Å². The number of ketones is 1. The zero-order chi connectivity index (χ0) is 16.7. The maximum atomic E-state index is 11.9. The predicted octanol–water partition coefficient (Wildman–Crippen LogP) is 3.32. The van der Waals surface area contributed by atoms with Crippen molar-refractivity contribution in [1.82, 2.24) is 5.32 Å². The number of nitrogens with one attached hydrogen (secondary N) is 2. The Balaban J connectivity index is 1.73. The van der Waals surface area contributed by atoms with E-state index in [1.807, 2.05) is 12.1 Å². The van der Waals surface area contributed by atoms with Gasteiger partial charge in [-0.15, -0.1) is 0 Å². The van der Waals surface area contributed by atoms with Crippen molar-refractivity contribution in [2.24, 2.45) is 0 Å². The third-order valence-corrected chi connectivity index (χ3v) is 3.68. The van der Waals surface area contributed by atoms with Gasteiger partial charge in [0.1, 0.15) is 0 Å². The van der Waals surface area contributed by atoms with E-state index in [-0.39, 0.29) is 11.7 Å². The molecule has 4 nitrogen and oxygen atoms in total. The first kappa shape index (κ1) is 16.9. The summed E-state index contributed by atoms with van der Waals surface area (Å²) in [4.78, 5) is 23.1. The lowest BCUT2D eigenvalue weighted by molar-refractivity contribution is -0.116. The van der Waals surface area contributed by atoms with Gasteiger partial charge < -0.3 is 10.6 Å². The molecule has 0 saturated heterocycles. The van der Waals surface area contributed by atoms with E-state index < -0.39 is 0 Å². The second-order valence-corrected chi connectivity index (χ2v) is 5.53. The average molecular weight is 310 g/mol. The van der Waals surface area contributed by atoms with Crippen molar-refractivity contribution in [3.8, 4) is 0 Å². The SMILES string of the molecule is CC(=O)c1ccc(NC(=O)CCNCc2ccccc2C)cc1. The highest BCUT2D eigenvalue weighted by Crippen LogP contribution is 2.10. The molecule has 0 aliphatic rings. The summed E-state index contributed by atoms with van der Waals surface area (Å²) in [5, 5.41) is 6.11. The molecule has 0 unspecified atom stereocenters. The fraction of sp³-hybridized carbons (Fsp3) is 0.263. The number of anilines is 1. The van der Waals surface area contributed by atoms with E-state index >= 15 is 0 Å². The minimum atomic E-state index is -0.0436. The van der Waals surface area contributed by atoms with Crippen molar-refractivity contribution in [2.75, 3.05) is 11.9 Å². The molecule has 120 valence electrons. The second kappa shape index (κ2) is 8.25. The molecule has 0 radical (unpaired) electrons. The van der Waals surface area contributed by atoms with Gasteiger partial charge in [0, 0.05) is 30.8 Å². The maximum Gasteiger partial charge on any atom is 0.225 e. The van der Waals surface area contributed by atoms with Gasteiger partial charge in [-0.1, -0.05) is 24.3 Å². The van der Waals surface area contributed by atoms with Crippen LogP contribution in [0.3, 0.4) is 0 Å². The van der Waals surface area contributed by atoms with Gasteiger partial charge in [-0.2, -0.15) is 0 Å². The van der Waals surface area contributed by atoms with Crippen LogP contribution in [0.1, 0.15) is 34.8 Å². The number of hydrogen-bond donors (Lipinski definition) is 2. The molecule has 0 saturated carbocycles. The quantitative estimate of drug-likeness (QED) is 0.609. The van der Waals surface area contributed by atoms with Crippen LogP contribution >= 0.6 is 0 Å². The highest BCUT2D eigenvalue weighted by atomic mass is 16.1. The third kappa shape index (κ3) is 5.34. The second-order valence-electron chi connectivity index (χ2n) is 5.53. The molecule has 23 heavy (non-hydrogen) atoms. The monoisotopic (exact) mass is 310 g/mol. The summed E-state index contributed by atoms with van der Waals surface area (Å²) in [6, 6.07) is 15.1.